The lowest BCUT2D eigenvalue weighted by Gasteiger charge is -2.30. The minimum absolute atomic E-state index is 0.103. The maximum absolute atomic E-state index is 7.22. The molecule has 0 aliphatic carbocycles. The summed E-state index contributed by atoms with van der Waals surface area (Å²) >= 11 is 7.22. The number of likely N-dealkylation sites (N-methyl/N-ethyl adjacent to an activating group) is 1. The molecule has 3 aliphatic rings. The fourth-order valence-corrected chi connectivity index (χ4v) is 6.58. The van der Waals surface area contributed by atoms with Crippen LogP contribution in [0, 0.1) is 6.92 Å². The predicted octanol–water partition coefficient (Wildman–Crippen LogP) is 4.19. The van der Waals surface area contributed by atoms with Gasteiger partial charge in [-0.3, -0.25) is 5.10 Å². The molecule has 2 N–H and O–H groups in total. The largest absolute Gasteiger partial charge is 0.485 e. The molecule has 4 aromatic rings. The van der Waals surface area contributed by atoms with E-state index in [0.717, 1.165) is 84.4 Å². The number of fused-ring (bicyclic) bond motifs is 2. The molecule has 7 rings (SSSR count). The third-order valence-corrected chi connectivity index (χ3v) is 8.90. The van der Waals surface area contributed by atoms with E-state index in [1.807, 2.05) is 18.3 Å². The van der Waals surface area contributed by atoms with E-state index in [9.17, 15) is 0 Å². The van der Waals surface area contributed by atoms with Gasteiger partial charge >= 0.3 is 6.01 Å². The number of nitrogens with zero attached hydrogens (tertiary/aromatic N) is 5. The predicted molar refractivity (Wildman–Crippen MR) is 160 cm³/mol. The second-order valence-electron chi connectivity index (χ2n) is 11.3. The molecule has 11 heteroatoms. The number of nitrogens with one attached hydrogen (secondary N) is 2. The van der Waals surface area contributed by atoms with Crippen LogP contribution in [-0.2, 0) is 4.74 Å². The zero-order valence-electron chi connectivity index (χ0n) is 23.6. The second-order valence-corrected chi connectivity index (χ2v) is 11.7. The number of aromatic amines is 1. The van der Waals surface area contributed by atoms with Crippen LogP contribution in [0.4, 0.5) is 5.82 Å². The first-order chi connectivity index (χ1) is 20.1. The lowest BCUT2D eigenvalue weighted by molar-refractivity contribution is 0.142. The molecular weight excluding hydrogens is 542 g/mol. The van der Waals surface area contributed by atoms with Crippen molar-refractivity contribution in [1.29, 1.82) is 0 Å². The Labute approximate surface area is 244 Å². The van der Waals surface area contributed by atoms with Gasteiger partial charge in [-0.25, -0.2) is 0 Å². The van der Waals surface area contributed by atoms with E-state index in [0.29, 0.717) is 48.2 Å². The van der Waals surface area contributed by atoms with Gasteiger partial charge in [-0.2, -0.15) is 15.1 Å². The van der Waals surface area contributed by atoms with Crippen molar-refractivity contribution in [2.45, 2.75) is 38.3 Å². The van der Waals surface area contributed by atoms with Gasteiger partial charge in [-0.15, -0.1) is 0 Å². The van der Waals surface area contributed by atoms with Crippen molar-refractivity contribution in [1.82, 2.24) is 30.4 Å². The molecule has 0 spiro atoms. The zero-order valence-corrected chi connectivity index (χ0v) is 24.3. The van der Waals surface area contributed by atoms with Gasteiger partial charge in [0.25, 0.3) is 0 Å². The normalized spacial score (nSPS) is 21.8. The molecular formula is C30H36ClN7O3. The second kappa shape index (κ2) is 11.2. The van der Waals surface area contributed by atoms with Crippen molar-refractivity contribution >= 4 is 39.2 Å². The number of aromatic nitrogens is 4. The summed E-state index contributed by atoms with van der Waals surface area (Å²) in [6.07, 6.45) is 4.83. The van der Waals surface area contributed by atoms with Gasteiger partial charge in [-0.05, 0) is 51.1 Å². The number of aryl methyl sites for hydroxylation is 1. The molecule has 10 nitrogen and oxygen atoms in total. The lowest BCUT2D eigenvalue weighted by atomic mass is 9.94. The van der Waals surface area contributed by atoms with E-state index < -0.39 is 0 Å². The van der Waals surface area contributed by atoms with E-state index in [-0.39, 0.29) is 6.10 Å². The molecule has 216 valence electrons. The minimum atomic E-state index is -0.103. The molecule has 0 bridgehead atoms. The van der Waals surface area contributed by atoms with E-state index in [4.69, 9.17) is 35.8 Å². The number of hydrogen-bond acceptors (Lipinski definition) is 9. The maximum atomic E-state index is 7.22. The molecule has 3 aliphatic heterocycles. The number of benzene rings is 2. The van der Waals surface area contributed by atoms with Crippen LogP contribution in [0.3, 0.4) is 0 Å². The van der Waals surface area contributed by atoms with Crippen LogP contribution < -0.4 is 19.7 Å². The molecule has 5 heterocycles. The highest BCUT2D eigenvalue weighted by atomic mass is 35.5. The number of hydrogen-bond donors (Lipinski definition) is 2. The molecule has 2 aromatic carbocycles. The average molecular weight is 578 g/mol. The first-order valence-corrected chi connectivity index (χ1v) is 14.9. The molecule has 0 saturated carbocycles. The van der Waals surface area contributed by atoms with Crippen molar-refractivity contribution in [3.63, 3.8) is 0 Å². The summed E-state index contributed by atoms with van der Waals surface area (Å²) in [5.41, 5.74) is 4.50. The van der Waals surface area contributed by atoms with Crippen LogP contribution in [0.2, 0.25) is 5.02 Å². The third-order valence-electron chi connectivity index (χ3n) is 8.60. The van der Waals surface area contributed by atoms with E-state index in [1.165, 1.54) is 6.42 Å². The summed E-state index contributed by atoms with van der Waals surface area (Å²) in [7, 11) is 2.15. The Hall–Kier alpha value is -3.18. The number of piperazine rings is 1. The first-order valence-electron chi connectivity index (χ1n) is 14.6. The van der Waals surface area contributed by atoms with Crippen molar-refractivity contribution in [3.05, 3.63) is 35.0 Å². The monoisotopic (exact) mass is 577 g/mol. The van der Waals surface area contributed by atoms with Crippen LogP contribution in [-0.4, -0.2) is 96.8 Å². The highest BCUT2D eigenvalue weighted by Gasteiger charge is 2.29. The van der Waals surface area contributed by atoms with Gasteiger partial charge in [0, 0.05) is 60.5 Å². The summed E-state index contributed by atoms with van der Waals surface area (Å²) in [5, 5.41) is 13.3. The SMILES string of the molecule is Cc1ccc2[nH]ncc2c1-c1c(Cl)cc2c(N3CCNCC3)nc(OCC3CCCN3C)nc2c1OC1CCOC1. The Morgan fingerprint density at radius 3 is 2.76 bits per heavy atom. The first kappa shape index (κ1) is 26.7. The maximum Gasteiger partial charge on any atom is 0.319 e. The van der Waals surface area contributed by atoms with Crippen LogP contribution >= 0.6 is 11.6 Å². The Morgan fingerprint density at radius 1 is 1.10 bits per heavy atom. The molecule has 41 heavy (non-hydrogen) atoms. The number of rotatable bonds is 7. The van der Waals surface area contributed by atoms with E-state index in [2.05, 4.69) is 45.4 Å². The fourth-order valence-electron chi connectivity index (χ4n) is 6.29. The van der Waals surface area contributed by atoms with Gasteiger partial charge in [0.05, 0.1) is 29.9 Å². The van der Waals surface area contributed by atoms with Crippen molar-refractivity contribution in [3.8, 4) is 22.9 Å². The smallest absolute Gasteiger partial charge is 0.319 e. The summed E-state index contributed by atoms with van der Waals surface area (Å²) in [6, 6.07) is 6.83. The number of H-pyrrole nitrogens is 1. The molecule has 0 amide bonds. The quantitative estimate of drug-likeness (QED) is 0.335. The van der Waals surface area contributed by atoms with Gasteiger partial charge in [-0.1, -0.05) is 17.7 Å². The number of likely N-dealkylation sites (tertiary alicyclic amines) is 1. The van der Waals surface area contributed by atoms with Crippen molar-refractivity contribution < 1.29 is 14.2 Å². The van der Waals surface area contributed by atoms with E-state index in [1.54, 1.807) is 0 Å². The Kier molecular flexibility index (Phi) is 7.32. The number of anilines is 1. The molecule has 2 aromatic heterocycles. The summed E-state index contributed by atoms with van der Waals surface area (Å²) in [6.45, 7) is 8.32. The number of ether oxygens (including phenoxy) is 3. The molecule has 3 saturated heterocycles. The molecule has 0 radical (unpaired) electrons. The Morgan fingerprint density at radius 2 is 1.98 bits per heavy atom. The summed E-state index contributed by atoms with van der Waals surface area (Å²) < 4.78 is 18.8. The topological polar surface area (TPSA) is 101 Å². The van der Waals surface area contributed by atoms with E-state index >= 15 is 0 Å². The third kappa shape index (κ3) is 5.07. The Balaban J connectivity index is 1.44. The average Bonchev–Trinajstić information content (AvgIpc) is 3.76. The molecule has 2 atom stereocenters. The lowest BCUT2D eigenvalue weighted by Crippen LogP contribution is -2.44. The minimum Gasteiger partial charge on any atom is -0.485 e. The zero-order chi connectivity index (χ0) is 27.9. The summed E-state index contributed by atoms with van der Waals surface area (Å²) in [4.78, 5) is 14.7. The standard InChI is InChI=1S/C30H36ClN7O3/c1-18-5-6-24-22(15-33-36-24)25(18)26-23(31)14-21-27(28(26)41-20-7-13-39-17-20)34-30(40-16-19-4-3-10-37(19)2)35-29(21)38-11-8-32-9-12-38/h5-6,14-15,19-20,32H,3-4,7-13,16-17H2,1-2H3,(H,33,36). The van der Waals surface area contributed by atoms with Crippen LogP contribution in [0.5, 0.6) is 11.8 Å². The number of halogens is 1. The van der Waals surface area contributed by atoms with Gasteiger partial charge in [0.2, 0.25) is 0 Å². The van der Waals surface area contributed by atoms with Gasteiger partial charge in [0.15, 0.2) is 5.75 Å². The molecule has 2 unspecified atom stereocenters. The fraction of sp³-hybridized carbons (Fsp3) is 0.500. The van der Waals surface area contributed by atoms with Crippen LogP contribution in [0.25, 0.3) is 32.9 Å². The van der Waals surface area contributed by atoms with Crippen molar-refractivity contribution in [2.75, 3.05) is 64.5 Å². The highest BCUT2D eigenvalue weighted by molar-refractivity contribution is 6.35. The van der Waals surface area contributed by atoms with Gasteiger partial charge < -0.3 is 29.3 Å². The van der Waals surface area contributed by atoms with Gasteiger partial charge in [0.1, 0.15) is 24.0 Å². The summed E-state index contributed by atoms with van der Waals surface area (Å²) in [5.74, 6) is 1.46. The molecule has 3 fully saturated rings. The van der Waals surface area contributed by atoms with Crippen LogP contribution in [0.1, 0.15) is 24.8 Å². The highest BCUT2D eigenvalue weighted by Crippen LogP contribution is 2.48. The van der Waals surface area contributed by atoms with Crippen LogP contribution in [0.15, 0.2) is 24.4 Å². The van der Waals surface area contributed by atoms with Crippen molar-refractivity contribution in [2.24, 2.45) is 0 Å². The Bertz CT molecular complexity index is 1570.